The molecule has 1 amide bonds. The molecule has 0 radical (unpaired) electrons. The fraction of sp³-hybridized carbons (Fsp3) is 0.500. The average molecular weight is 273 g/mol. The highest BCUT2D eigenvalue weighted by Crippen LogP contribution is 2.53. The normalized spacial score (nSPS) is 27.0. The first-order valence-electron chi connectivity index (χ1n) is 7.19. The summed E-state index contributed by atoms with van der Waals surface area (Å²) in [7, 11) is 0. The standard InChI is InChI=1S/C16H19NO3/c18-8-4-7-13-14-9-17(10-15(13)14)16(19)20-11-12-5-2-1-3-6-12/h1-3,5-6,8,13-15H,4,7,9-11H2. The smallest absolute Gasteiger partial charge is 0.410 e. The number of piperidine rings is 1. The maximum Gasteiger partial charge on any atom is 0.410 e. The quantitative estimate of drug-likeness (QED) is 0.774. The van der Waals surface area contributed by atoms with Crippen molar-refractivity contribution in [3.8, 4) is 0 Å². The van der Waals surface area contributed by atoms with Gasteiger partial charge in [-0.25, -0.2) is 4.79 Å². The average Bonchev–Trinajstić information content (AvgIpc) is 2.93. The first-order chi connectivity index (χ1) is 9.79. The van der Waals surface area contributed by atoms with Gasteiger partial charge in [0, 0.05) is 19.5 Å². The molecule has 106 valence electrons. The number of hydrogen-bond acceptors (Lipinski definition) is 3. The Morgan fingerprint density at radius 2 is 1.95 bits per heavy atom. The number of fused-ring (bicyclic) bond motifs is 1. The Balaban J connectivity index is 1.41. The summed E-state index contributed by atoms with van der Waals surface area (Å²) in [6.45, 7) is 1.92. The SMILES string of the molecule is O=CCCC1C2CN(C(=O)OCc3ccccc3)CC12. The fourth-order valence-electron chi connectivity index (χ4n) is 3.30. The fourth-order valence-corrected chi connectivity index (χ4v) is 3.30. The number of ether oxygens (including phenoxy) is 1. The largest absolute Gasteiger partial charge is 0.445 e. The zero-order valence-corrected chi connectivity index (χ0v) is 11.4. The molecular formula is C16H19NO3. The summed E-state index contributed by atoms with van der Waals surface area (Å²) in [4.78, 5) is 24.1. The number of carbonyl (C=O) groups excluding carboxylic acids is 2. The van der Waals surface area contributed by atoms with E-state index in [-0.39, 0.29) is 6.09 Å². The summed E-state index contributed by atoms with van der Waals surface area (Å²) >= 11 is 0. The molecule has 1 aliphatic carbocycles. The zero-order chi connectivity index (χ0) is 13.9. The monoisotopic (exact) mass is 273 g/mol. The molecule has 1 aromatic rings. The Morgan fingerprint density at radius 3 is 2.60 bits per heavy atom. The molecule has 3 rings (SSSR count). The van der Waals surface area contributed by atoms with E-state index in [1.807, 2.05) is 30.3 Å². The molecule has 4 nitrogen and oxygen atoms in total. The van der Waals surface area contributed by atoms with E-state index in [0.29, 0.717) is 30.8 Å². The van der Waals surface area contributed by atoms with E-state index in [9.17, 15) is 9.59 Å². The van der Waals surface area contributed by atoms with Crippen LogP contribution in [0.5, 0.6) is 0 Å². The van der Waals surface area contributed by atoms with Gasteiger partial charge >= 0.3 is 6.09 Å². The summed E-state index contributed by atoms with van der Waals surface area (Å²) in [6, 6.07) is 9.71. The third kappa shape index (κ3) is 2.69. The van der Waals surface area contributed by atoms with Crippen LogP contribution in [0.2, 0.25) is 0 Å². The van der Waals surface area contributed by atoms with Gasteiger partial charge < -0.3 is 14.4 Å². The number of aldehydes is 1. The van der Waals surface area contributed by atoms with Crippen molar-refractivity contribution in [2.75, 3.05) is 13.1 Å². The molecule has 20 heavy (non-hydrogen) atoms. The minimum absolute atomic E-state index is 0.213. The van der Waals surface area contributed by atoms with Crippen LogP contribution in [0.3, 0.4) is 0 Å². The molecule has 2 atom stereocenters. The van der Waals surface area contributed by atoms with Crippen LogP contribution in [0, 0.1) is 17.8 Å². The Hall–Kier alpha value is -1.84. The molecule has 0 spiro atoms. The van der Waals surface area contributed by atoms with Gasteiger partial charge in [-0.3, -0.25) is 0 Å². The Labute approximate surface area is 118 Å². The molecule has 1 aliphatic heterocycles. The van der Waals surface area contributed by atoms with Gasteiger partial charge in [0.2, 0.25) is 0 Å². The van der Waals surface area contributed by atoms with E-state index in [1.54, 1.807) is 4.90 Å². The summed E-state index contributed by atoms with van der Waals surface area (Å²) in [5.41, 5.74) is 1.01. The molecule has 1 saturated heterocycles. The molecular weight excluding hydrogens is 254 g/mol. The maximum atomic E-state index is 12.0. The summed E-state index contributed by atoms with van der Waals surface area (Å²) < 4.78 is 5.33. The van der Waals surface area contributed by atoms with E-state index < -0.39 is 0 Å². The second-order valence-electron chi connectivity index (χ2n) is 5.68. The van der Waals surface area contributed by atoms with Gasteiger partial charge in [0.25, 0.3) is 0 Å². The van der Waals surface area contributed by atoms with Crippen molar-refractivity contribution in [2.24, 2.45) is 17.8 Å². The van der Waals surface area contributed by atoms with Gasteiger partial charge in [0.15, 0.2) is 0 Å². The molecule has 2 aliphatic rings. The lowest BCUT2D eigenvalue weighted by Gasteiger charge is -2.19. The lowest BCUT2D eigenvalue weighted by molar-refractivity contribution is -0.108. The van der Waals surface area contributed by atoms with Gasteiger partial charge in [-0.1, -0.05) is 30.3 Å². The Bertz CT molecular complexity index is 476. The van der Waals surface area contributed by atoms with Crippen molar-refractivity contribution in [3.63, 3.8) is 0 Å². The summed E-state index contributed by atoms with van der Waals surface area (Å²) in [6.07, 6.45) is 2.40. The number of benzene rings is 1. The molecule has 0 aromatic heterocycles. The van der Waals surface area contributed by atoms with Crippen LogP contribution < -0.4 is 0 Å². The molecule has 2 unspecified atom stereocenters. The van der Waals surface area contributed by atoms with Crippen LogP contribution in [0.15, 0.2) is 30.3 Å². The lowest BCUT2D eigenvalue weighted by atomic mass is 10.1. The number of amides is 1. The van der Waals surface area contributed by atoms with Crippen LogP contribution in [0.1, 0.15) is 18.4 Å². The summed E-state index contributed by atoms with van der Waals surface area (Å²) in [5, 5.41) is 0. The first kappa shape index (κ1) is 13.2. The van der Waals surface area contributed by atoms with Crippen LogP contribution in [-0.2, 0) is 16.1 Å². The van der Waals surface area contributed by atoms with Crippen molar-refractivity contribution in [1.29, 1.82) is 0 Å². The molecule has 2 fully saturated rings. The molecule has 0 bridgehead atoms. The number of hydrogen-bond donors (Lipinski definition) is 0. The van der Waals surface area contributed by atoms with Crippen LogP contribution in [0.25, 0.3) is 0 Å². The van der Waals surface area contributed by atoms with E-state index in [4.69, 9.17) is 4.74 Å². The van der Waals surface area contributed by atoms with Gasteiger partial charge in [0.1, 0.15) is 12.9 Å². The van der Waals surface area contributed by atoms with E-state index in [2.05, 4.69) is 0 Å². The molecule has 4 heteroatoms. The first-order valence-corrected chi connectivity index (χ1v) is 7.19. The third-order valence-corrected chi connectivity index (χ3v) is 4.45. The van der Waals surface area contributed by atoms with Gasteiger partial charge in [0.05, 0.1) is 0 Å². The van der Waals surface area contributed by atoms with Crippen molar-refractivity contribution in [2.45, 2.75) is 19.4 Å². The topological polar surface area (TPSA) is 46.6 Å². The predicted octanol–water partition coefficient (Wildman–Crippen LogP) is 2.48. The van der Waals surface area contributed by atoms with Crippen molar-refractivity contribution in [1.82, 2.24) is 4.90 Å². The number of nitrogens with zero attached hydrogens (tertiary/aromatic N) is 1. The van der Waals surface area contributed by atoms with Gasteiger partial charge in [-0.2, -0.15) is 0 Å². The highest BCUT2D eigenvalue weighted by molar-refractivity contribution is 5.68. The second kappa shape index (κ2) is 5.65. The number of carbonyl (C=O) groups is 2. The van der Waals surface area contributed by atoms with Crippen molar-refractivity contribution < 1.29 is 14.3 Å². The molecule has 1 heterocycles. The Morgan fingerprint density at radius 1 is 1.25 bits per heavy atom. The maximum absolute atomic E-state index is 12.0. The van der Waals surface area contributed by atoms with Crippen molar-refractivity contribution >= 4 is 12.4 Å². The van der Waals surface area contributed by atoms with E-state index in [0.717, 1.165) is 31.4 Å². The third-order valence-electron chi connectivity index (χ3n) is 4.45. The molecule has 1 saturated carbocycles. The highest BCUT2D eigenvalue weighted by atomic mass is 16.6. The van der Waals surface area contributed by atoms with Crippen LogP contribution in [0.4, 0.5) is 4.79 Å². The lowest BCUT2D eigenvalue weighted by Crippen LogP contribution is -2.32. The number of rotatable bonds is 5. The minimum Gasteiger partial charge on any atom is -0.445 e. The van der Waals surface area contributed by atoms with E-state index >= 15 is 0 Å². The van der Waals surface area contributed by atoms with Crippen LogP contribution in [-0.4, -0.2) is 30.4 Å². The predicted molar refractivity (Wildman–Crippen MR) is 74.0 cm³/mol. The molecule has 0 N–H and O–H groups in total. The molecule has 1 aromatic carbocycles. The highest BCUT2D eigenvalue weighted by Gasteiger charge is 2.56. The zero-order valence-electron chi connectivity index (χ0n) is 11.4. The van der Waals surface area contributed by atoms with Crippen LogP contribution >= 0.6 is 0 Å². The van der Waals surface area contributed by atoms with Gasteiger partial charge in [-0.05, 0) is 29.7 Å². The second-order valence-corrected chi connectivity index (χ2v) is 5.68. The Kier molecular flexibility index (Phi) is 3.72. The minimum atomic E-state index is -0.213. The van der Waals surface area contributed by atoms with Crippen molar-refractivity contribution in [3.05, 3.63) is 35.9 Å². The summed E-state index contributed by atoms with van der Waals surface area (Å²) in [5.74, 6) is 1.84. The van der Waals surface area contributed by atoms with E-state index in [1.165, 1.54) is 0 Å². The number of likely N-dealkylation sites (tertiary alicyclic amines) is 1. The van der Waals surface area contributed by atoms with Gasteiger partial charge in [-0.15, -0.1) is 0 Å².